The molecule has 1 atom stereocenters. The van der Waals surface area contributed by atoms with Gasteiger partial charge in [0, 0.05) is 39.9 Å². The first-order chi connectivity index (χ1) is 9.99. The Hall–Kier alpha value is -1.26. The average molecular weight is 388 g/mol. The molecule has 7 heteroatoms. The molecule has 1 aromatic carbocycles. The summed E-state index contributed by atoms with van der Waals surface area (Å²) in [6.45, 7) is 0.480. The Labute approximate surface area is 147 Å². The zero-order valence-electron chi connectivity index (χ0n) is 11.1. The van der Waals surface area contributed by atoms with E-state index in [-0.39, 0.29) is 27.9 Å². The summed E-state index contributed by atoms with van der Waals surface area (Å²) in [7, 11) is 0. The number of carboxylic acids is 1. The number of nitrogens with zero attached hydrogens (tertiary/aromatic N) is 1. The van der Waals surface area contributed by atoms with Crippen molar-refractivity contribution in [2.75, 3.05) is 0 Å². The molecule has 119 valence electrons. The van der Waals surface area contributed by atoms with Crippen molar-refractivity contribution in [1.82, 2.24) is 4.57 Å². The number of halogens is 2. The monoisotopic (exact) mass is 386 g/mol. The largest absolute Gasteiger partial charge is 0.481 e. The van der Waals surface area contributed by atoms with Crippen LogP contribution in [0.4, 0.5) is 0 Å². The Kier molecular flexibility index (Phi) is 5.03. The first kappa shape index (κ1) is 17.1. The molecule has 0 aliphatic carbocycles. The fourth-order valence-corrected chi connectivity index (χ4v) is 3.11. The molecule has 1 aliphatic heterocycles. The van der Waals surface area contributed by atoms with Crippen molar-refractivity contribution < 1.29 is 31.8 Å². The minimum atomic E-state index is -0.895. The number of carboxylic acid groups (broad SMARTS) is 1. The molecule has 4 nitrogen and oxygen atoms in total. The molecule has 0 amide bonds. The number of ketones is 1. The van der Waals surface area contributed by atoms with Crippen molar-refractivity contribution in [2.24, 2.45) is 0 Å². The van der Waals surface area contributed by atoms with Gasteiger partial charge >= 0.3 is 5.97 Å². The summed E-state index contributed by atoms with van der Waals surface area (Å²) in [5, 5.41) is 10.0. The van der Waals surface area contributed by atoms with Crippen LogP contribution in [0.25, 0.3) is 0 Å². The van der Waals surface area contributed by atoms with Crippen LogP contribution in [0.3, 0.4) is 0 Å². The number of fused-ring (bicyclic) bond motifs is 1. The Morgan fingerprint density at radius 2 is 1.82 bits per heavy atom. The summed E-state index contributed by atoms with van der Waals surface area (Å²) < 4.78 is 1.71. The first-order valence-corrected chi connectivity index (χ1v) is 7.16. The number of benzene rings is 1. The molecular formula is C15H11Cl2CuNO3. The number of rotatable bonds is 3. The second-order valence-corrected chi connectivity index (χ2v) is 5.78. The van der Waals surface area contributed by atoms with Gasteiger partial charge in [-0.15, -0.1) is 0 Å². The van der Waals surface area contributed by atoms with Gasteiger partial charge in [0.2, 0.25) is 5.78 Å². The average Bonchev–Trinajstić information content (AvgIpc) is 2.96. The van der Waals surface area contributed by atoms with Gasteiger partial charge in [-0.25, -0.2) is 0 Å². The second-order valence-electron chi connectivity index (χ2n) is 4.93. The van der Waals surface area contributed by atoms with Gasteiger partial charge in [-0.1, -0.05) is 23.2 Å². The van der Waals surface area contributed by atoms with Gasteiger partial charge in [0.15, 0.2) is 0 Å². The van der Waals surface area contributed by atoms with Gasteiger partial charge in [0.1, 0.15) is 5.69 Å². The van der Waals surface area contributed by atoms with Gasteiger partial charge in [-0.05, 0) is 36.8 Å². The van der Waals surface area contributed by atoms with E-state index in [0.717, 1.165) is 0 Å². The van der Waals surface area contributed by atoms with E-state index in [2.05, 4.69) is 0 Å². The smallest absolute Gasteiger partial charge is 0.312 e. The van der Waals surface area contributed by atoms with Crippen molar-refractivity contribution in [2.45, 2.75) is 18.9 Å². The van der Waals surface area contributed by atoms with E-state index in [1.807, 2.05) is 0 Å². The Balaban J connectivity index is 0.00000176. The maximum atomic E-state index is 12.6. The number of hydrogen-bond acceptors (Lipinski definition) is 2. The summed E-state index contributed by atoms with van der Waals surface area (Å²) in [5.41, 5.74) is 1.41. The number of carbonyl (C=O) groups excluding carboxylic acids is 1. The number of aromatic nitrogens is 1. The third kappa shape index (κ3) is 2.82. The van der Waals surface area contributed by atoms with Crippen molar-refractivity contribution >= 4 is 35.0 Å². The van der Waals surface area contributed by atoms with Crippen LogP contribution < -0.4 is 0 Å². The quantitative estimate of drug-likeness (QED) is 0.646. The molecule has 0 fully saturated rings. The summed E-state index contributed by atoms with van der Waals surface area (Å²) in [6.07, 6.45) is 0.475. The van der Waals surface area contributed by atoms with Crippen LogP contribution in [-0.2, 0) is 28.4 Å². The van der Waals surface area contributed by atoms with E-state index in [1.54, 1.807) is 34.9 Å². The molecule has 2 heterocycles. The third-order valence-electron chi connectivity index (χ3n) is 3.70. The standard InChI is InChI=1S/C15H11Cl2NO3.Cu/c16-9-3-1-8(2-4-9)14(19)13-11(17)7-12-10(15(20)21)5-6-18(12)13;/h1-4,7,10H,5-6H2,(H,20,21);. The van der Waals surface area contributed by atoms with Gasteiger partial charge in [-0.3, -0.25) is 9.59 Å². The number of carbonyl (C=O) groups is 2. The summed E-state index contributed by atoms with van der Waals surface area (Å²) in [6, 6.07) is 8.11. The minimum Gasteiger partial charge on any atom is -0.481 e. The van der Waals surface area contributed by atoms with Crippen molar-refractivity contribution in [3.8, 4) is 0 Å². The summed E-state index contributed by atoms with van der Waals surface area (Å²) in [5.74, 6) is -1.73. The van der Waals surface area contributed by atoms with Crippen molar-refractivity contribution in [1.29, 1.82) is 0 Å². The van der Waals surface area contributed by atoms with E-state index in [1.165, 1.54) is 0 Å². The normalized spacial score (nSPS) is 16.0. The maximum Gasteiger partial charge on any atom is 0.312 e. The maximum absolute atomic E-state index is 12.6. The Morgan fingerprint density at radius 3 is 2.41 bits per heavy atom. The van der Waals surface area contributed by atoms with Crippen LogP contribution in [0.1, 0.15) is 34.1 Å². The minimum absolute atomic E-state index is 0. The van der Waals surface area contributed by atoms with E-state index in [4.69, 9.17) is 23.2 Å². The molecule has 1 aliphatic rings. The number of hydrogen-bond donors (Lipinski definition) is 1. The number of aliphatic carboxylic acids is 1. The van der Waals surface area contributed by atoms with Crippen LogP contribution >= 0.6 is 23.2 Å². The molecule has 3 rings (SSSR count). The fourth-order valence-electron chi connectivity index (χ4n) is 2.69. The molecule has 0 saturated heterocycles. The van der Waals surface area contributed by atoms with Gasteiger partial charge < -0.3 is 9.67 Å². The van der Waals surface area contributed by atoms with Gasteiger partial charge in [0.25, 0.3) is 0 Å². The topological polar surface area (TPSA) is 59.3 Å². The van der Waals surface area contributed by atoms with E-state index in [9.17, 15) is 14.7 Å². The first-order valence-electron chi connectivity index (χ1n) is 6.41. The molecule has 0 spiro atoms. The molecule has 2 aromatic rings. The van der Waals surface area contributed by atoms with Gasteiger partial charge in [0.05, 0.1) is 10.9 Å². The zero-order valence-corrected chi connectivity index (χ0v) is 13.6. The van der Waals surface area contributed by atoms with Crippen LogP contribution in [-0.4, -0.2) is 21.4 Å². The molecule has 0 bridgehead atoms. The predicted octanol–water partition coefficient (Wildman–Crippen LogP) is 3.60. The van der Waals surface area contributed by atoms with E-state index in [0.29, 0.717) is 34.9 Å². The Morgan fingerprint density at radius 1 is 1.18 bits per heavy atom. The van der Waals surface area contributed by atoms with E-state index >= 15 is 0 Å². The fraction of sp³-hybridized carbons (Fsp3) is 0.200. The molecule has 22 heavy (non-hydrogen) atoms. The molecule has 1 N–H and O–H groups in total. The predicted molar refractivity (Wildman–Crippen MR) is 79.3 cm³/mol. The molecule has 1 aromatic heterocycles. The Bertz CT molecular complexity index is 740. The van der Waals surface area contributed by atoms with E-state index < -0.39 is 11.9 Å². The zero-order chi connectivity index (χ0) is 15.1. The van der Waals surface area contributed by atoms with Crippen LogP contribution in [0.5, 0.6) is 0 Å². The third-order valence-corrected chi connectivity index (χ3v) is 4.24. The molecule has 0 saturated carbocycles. The van der Waals surface area contributed by atoms with Crippen LogP contribution in [0, 0.1) is 0 Å². The van der Waals surface area contributed by atoms with Crippen LogP contribution in [0.2, 0.25) is 10.0 Å². The summed E-state index contributed by atoms with van der Waals surface area (Å²) in [4.78, 5) is 23.8. The SMILES string of the molecule is O=C(c1ccc(Cl)cc1)c1c(Cl)cc2n1CCC2C(=O)O.[Cu]. The second kappa shape index (κ2) is 6.47. The van der Waals surface area contributed by atoms with Gasteiger partial charge in [-0.2, -0.15) is 0 Å². The summed E-state index contributed by atoms with van der Waals surface area (Å²) >= 11 is 12.0. The van der Waals surface area contributed by atoms with Crippen LogP contribution in [0.15, 0.2) is 30.3 Å². The molecular weight excluding hydrogens is 377 g/mol. The van der Waals surface area contributed by atoms with Crippen molar-refractivity contribution in [3.05, 3.63) is 57.3 Å². The van der Waals surface area contributed by atoms with Crippen molar-refractivity contribution in [3.63, 3.8) is 0 Å². The molecule has 1 radical (unpaired) electrons. The molecule has 1 unspecified atom stereocenters.